The lowest BCUT2D eigenvalue weighted by Crippen LogP contribution is -2.55. The number of benzene rings is 2. The average molecular weight is 384 g/mol. The molecule has 148 valence electrons. The van der Waals surface area contributed by atoms with Gasteiger partial charge in [0.2, 0.25) is 0 Å². The maximum absolute atomic E-state index is 13.2. The fourth-order valence-corrected chi connectivity index (χ4v) is 3.43. The van der Waals surface area contributed by atoms with Crippen LogP contribution < -0.4 is 4.74 Å². The van der Waals surface area contributed by atoms with Crippen LogP contribution in [-0.4, -0.2) is 46.2 Å². The molecule has 1 saturated heterocycles. The molecule has 0 amide bonds. The summed E-state index contributed by atoms with van der Waals surface area (Å²) in [5.41, 5.74) is 2.35. The van der Waals surface area contributed by atoms with Crippen molar-refractivity contribution in [2.24, 2.45) is 0 Å². The summed E-state index contributed by atoms with van der Waals surface area (Å²) in [6.45, 7) is 5.62. The number of carbonyl (C=O) groups excluding carboxylic acids is 1. The average Bonchev–Trinajstić information content (AvgIpc) is 2.71. The molecule has 1 heterocycles. The summed E-state index contributed by atoms with van der Waals surface area (Å²) >= 11 is 0. The predicted molar refractivity (Wildman–Crippen MR) is 105 cm³/mol. The van der Waals surface area contributed by atoms with Gasteiger partial charge in [0.05, 0.1) is 12.6 Å². The molecule has 0 saturated carbocycles. The van der Waals surface area contributed by atoms with E-state index in [0.29, 0.717) is 24.7 Å². The van der Waals surface area contributed by atoms with Gasteiger partial charge in [-0.2, -0.15) is 0 Å². The zero-order valence-electron chi connectivity index (χ0n) is 16.1. The molecule has 1 aliphatic heterocycles. The zero-order valence-corrected chi connectivity index (χ0v) is 16.1. The molecule has 6 heteroatoms. The second-order valence-electron chi connectivity index (χ2n) is 7.11. The summed E-state index contributed by atoms with van der Waals surface area (Å²) in [4.78, 5) is 15.8. The molecular formula is C22H25FN2O3. The smallest absolute Gasteiger partial charge is 0.147 e. The van der Waals surface area contributed by atoms with E-state index in [-0.39, 0.29) is 24.5 Å². The van der Waals surface area contributed by atoms with Crippen molar-refractivity contribution in [1.82, 2.24) is 9.80 Å². The Morgan fingerprint density at radius 2 is 1.75 bits per heavy atom. The van der Waals surface area contributed by atoms with E-state index in [1.807, 2.05) is 36.1 Å². The van der Waals surface area contributed by atoms with Crippen molar-refractivity contribution in [1.29, 1.82) is 0 Å². The maximum atomic E-state index is 13.2. The Kier molecular flexibility index (Phi) is 6.47. The lowest BCUT2D eigenvalue weighted by atomic mass is 10.0. The largest absolute Gasteiger partial charge is 0.478 e. The van der Waals surface area contributed by atoms with E-state index in [2.05, 4.69) is 17.8 Å². The molecule has 1 fully saturated rings. The number of rotatable bonds is 6. The molecule has 28 heavy (non-hydrogen) atoms. The molecule has 1 aliphatic rings. The van der Waals surface area contributed by atoms with Gasteiger partial charge >= 0.3 is 0 Å². The van der Waals surface area contributed by atoms with E-state index >= 15 is 0 Å². The molecule has 1 N–H and O–H groups in total. The van der Waals surface area contributed by atoms with Gasteiger partial charge in [-0.1, -0.05) is 24.3 Å². The van der Waals surface area contributed by atoms with E-state index in [0.717, 1.165) is 17.7 Å². The molecule has 2 aromatic rings. The minimum atomic E-state index is -0.273. The van der Waals surface area contributed by atoms with Crippen LogP contribution in [0.3, 0.4) is 0 Å². The predicted octanol–water partition coefficient (Wildman–Crippen LogP) is 2.96. The molecule has 2 atom stereocenters. The van der Waals surface area contributed by atoms with Crippen molar-refractivity contribution in [2.45, 2.75) is 39.1 Å². The maximum Gasteiger partial charge on any atom is 0.147 e. The zero-order chi connectivity index (χ0) is 20.1. The topological polar surface area (TPSA) is 53.0 Å². The highest BCUT2D eigenvalue weighted by Crippen LogP contribution is 2.26. The van der Waals surface area contributed by atoms with Crippen molar-refractivity contribution in [3.05, 3.63) is 71.2 Å². The highest BCUT2D eigenvalue weighted by molar-refractivity contribution is 5.54. The normalized spacial score (nSPS) is 20.1. The number of piperazine rings is 1. The van der Waals surface area contributed by atoms with Crippen LogP contribution in [-0.2, 0) is 17.9 Å². The molecule has 0 aromatic heterocycles. The van der Waals surface area contributed by atoms with Crippen LogP contribution in [0.25, 0.3) is 0 Å². The van der Waals surface area contributed by atoms with Gasteiger partial charge in [0.1, 0.15) is 29.9 Å². The van der Waals surface area contributed by atoms with Gasteiger partial charge in [-0.05, 0) is 49.2 Å². The summed E-state index contributed by atoms with van der Waals surface area (Å²) in [5.74, 6) is 2.54. The Hall–Kier alpha value is -2.66. The fourth-order valence-electron chi connectivity index (χ4n) is 3.43. The van der Waals surface area contributed by atoms with Gasteiger partial charge in [0, 0.05) is 19.1 Å². The summed E-state index contributed by atoms with van der Waals surface area (Å²) in [6.07, 6.45) is 0. The van der Waals surface area contributed by atoms with Gasteiger partial charge in [0.25, 0.3) is 0 Å². The van der Waals surface area contributed by atoms with Crippen LogP contribution in [0.5, 0.6) is 5.75 Å². The van der Waals surface area contributed by atoms with E-state index in [1.54, 1.807) is 12.1 Å². The van der Waals surface area contributed by atoms with E-state index in [9.17, 15) is 9.18 Å². The van der Waals surface area contributed by atoms with Crippen LogP contribution in [0.4, 0.5) is 4.39 Å². The first-order valence-corrected chi connectivity index (χ1v) is 9.34. The molecule has 0 aliphatic carbocycles. The minimum Gasteiger partial charge on any atom is -0.478 e. The first kappa shape index (κ1) is 20.1. The summed E-state index contributed by atoms with van der Waals surface area (Å²) < 4.78 is 19.0. The molecular weight excluding hydrogens is 359 g/mol. The Labute approximate surface area is 164 Å². The molecule has 0 radical (unpaired) electrons. The Bertz CT molecular complexity index is 832. The van der Waals surface area contributed by atoms with Gasteiger partial charge in [-0.15, -0.1) is 0 Å². The second-order valence-corrected chi connectivity index (χ2v) is 7.11. The van der Waals surface area contributed by atoms with Crippen molar-refractivity contribution in [2.75, 3.05) is 13.3 Å². The molecule has 2 aromatic carbocycles. The van der Waals surface area contributed by atoms with Gasteiger partial charge < -0.3 is 14.7 Å². The second kappa shape index (κ2) is 9.02. The van der Waals surface area contributed by atoms with E-state index < -0.39 is 0 Å². The third kappa shape index (κ3) is 4.60. The Balaban J connectivity index is 1.66. The number of aliphatic hydroxyl groups excluding tert-OH is 1. The van der Waals surface area contributed by atoms with Crippen LogP contribution >= 0.6 is 0 Å². The van der Waals surface area contributed by atoms with Gasteiger partial charge in [-0.3, -0.25) is 4.90 Å². The van der Waals surface area contributed by atoms with Crippen LogP contribution in [0.2, 0.25) is 0 Å². The first-order valence-electron chi connectivity index (χ1n) is 9.34. The molecule has 3 rings (SSSR count). The fraction of sp³-hybridized carbons (Fsp3) is 0.364. The number of hydrogen-bond acceptors (Lipinski definition) is 5. The molecule has 5 nitrogen and oxygen atoms in total. The monoisotopic (exact) mass is 384 g/mol. The summed E-state index contributed by atoms with van der Waals surface area (Å²) in [7, 11) is 0. The third-order valence-electron chi connectivity index (χ3n) is 5.16. The molecule has 0 spiro atoms. The number of aliphatic hydroxyl groups is 1. The van der Waals surface area contributed by atoms with Crippen LogP contribution in [0.1, 0.15) is 25.0 Å². The highest BCUT2D eigenvalue weighted by Gasteiger charge is 2.34. The van der Waals surface area contributed by atoms with E-state index in [1.165, 1.54) is 12.1 Å². The highest BCUT2D eigenvalue weighted by atomic mass is 19.1. The lowest BCUT2D eigenvalue weighted by Gasteiger charge is -2.45. The molecule has 0 unspecified atom stereocenters. The number of nitrogens with zero attached hydrogens (tertiary/aromatic N) is 2. The minimum absolute atomic E-state index is 0.00165. The summed E-state index contributed by atoms with van der Waals surface area (Å²) in [6, 6.07) is 13.5. The van der Waals surface area contributed by atoms with Crippen LogP contribution in [0, 0.1) is 5.82 Å². The Morgan fingerprint density at radius 3 is 2.36 bits per heavy atom. The van der Waals surface area contributed by atoms with Gasteiger partial charge in [-0.25, -0.2) is 9.18 Å². The van der Waals surface area contributed by atoms with Crippen molar-refractivity contribution in [3.63, 3.8) is 0 Å². The lowest BCUT2D eigenvalue weighted by molar-refractivity contribution is 0.0285. The van der Waals surface area contributed by atoms with E-state index in [4.69, 9.17) is 9.84 Å². The number of ether oxygens (including phenoxy) is 1. The number of hydrogen-bond donors (Lipinski definition) is 1. The van der Waals surface area contributed by atoms with Crippen molar-refractivity contribution >= 4 is 5.94 Å². The van der Waals surface area contributed by atoms with Crippen molar-refractivity contribution < 1.29 is 19.0 Å². The third-order valence-corrected chi connectivity index (χ3v) is 5.16. The van der Waals surface area contributed by atoms with Crippen molar-refractivity contribution in [3.8, 4) is 5.75 Å². The summed E-state index contributed by atoms with van der Waals surface area (Å²) in [5, 5.41) is 9.11. The standard InChI is InChI=1S/C22H25FN2O3/c1-16-11-24(15-28-21-9-5-19(13-26)6-10-21)17(2)22(14-27)25(16)12-18-3-7-20(23)8-4-18/h3-10,16-17,26H,11-13,15H2,1-2H3/t16-,17+/m1/s1. The molecule has 0 bridgehead atoms. The first-order chi connectivity index (χ1) is 13.5. The Morgan fingerprint density at radius 1 is 1.11 bits per heavy atom. The van der Waals surface area contributed by atoms with Crippen LogP contribution in [0.15, 0.2) is 54.2 Å². The number of halogens is 1. The SMILES string of the molecule is C[C@@H]1CN(COc2ccc(CO)cc2)[C@@H](C)C(=C=O)N1Cc1ccc(F)cc1. The van der Waals surface area contributed by atoms with Gasteiger partial charge in [0.15, 0.2) is 0 Å². The quantitative estimate of drug-likeness (QED) is 0.776.